The third-order valence-electron chi connectivity index (χ3n) is 2.17. The Kier molecular flexibility index (Phi) is 2.58. The summed E-state index contributed by atoms with van der Waals surface area (Å²) in [5, 5.41) is 12.1. The summed E-state index contributed by atoms with van der Waals surface area (Å²) in [7, 11) is 0. The first-order valence-corrected chi connectivity index (χ1v) is 5.38. The fraction of sp³-hybridized carbons (Fsp3) is 0.100. The minimum absolute atomic E-state index is 0.129. The van der Waals surface area contributed by atoms with Crippen molar-refractivity contribution in [1.29, 1.82) is 0 Å². The normalized spacial score (nSPS) is 10.7. The number of aliphatic hydroxyl groups is 1. The van der Waals surface area contributed by atoms with Crippen molar-refractivity contribution in [2.75, 3.05) is 0 Å². The SMILES string of the molecule is O=Cc1c(S)cc2sccc2c1CO. The molecule has 0 amide bonds. The molecule has 14 heavy (non-hydrogen) atoms. The number of thiophene rings is 1. The quantitative estimate of drug-likeness (QED) is 0.607. The highest BCUT2D eigenvalue weighted by molar-refractivity contribution is 7.80. The molecule has 1 aromatic carbocycles. The van der Waals surface area contributed by atoms with Crippen LogP contribution in [-0.4, -0.2) is 11.4 Å². The van der Waals surface area contributed by atoms with Crippen LogP contribution in [0.2, 0.25) is 0 Å². The number of aliphatic hydroxyl groups excluding tert-OH is 1. The van der Waals surface area contributed by atoms with E-state index in [4.69, 9.17) is 0 Å². The molecule has 0 aliphatic carbocycles. The van der Waals surface area contributed by atoms with E-state index in [2.05, 4.69) is 12.6 Å². The molecule has 0 saturated carbocycles. The van der Waals surface area contributed by atoms with Gasteiger partial charge < -0.3 is 5.11 Å². The Morgan fingerprint density at radius 3 is 3.00 bits per heavy atom. The van der Waals surface area contributed by atoms with E-state index in [1.165, 1.54) is 0 Å². The van der Waals surface area contributed by atoms with Crippen molar-refractivity contribution in [3.8, 4) is 0 Å². The number of fused-ring (bicyclic) bond motifs is 1. The highest BCUT2D eigenvalue weighted by Crippen LogP contribution is 2.30. The number of hydrogen-bond donors (Lipinski definition) is 2. The molecule has 0 unspecified atom stereocenters. The summed E-state index contributed by atoms with van der Waals surface area (Å²) in [6.45, 7) is -0.129. The molecule has 0 fully saturated rings. The number of thiol groups is 1. The Labute approximate surface area is 90.6 Å². The van der Waals surface area contributed by atoms with E-state index in [1.54, 1.807) is 11.3 Å². The van der Waals surface area contributed by atoms with E-state index < -0.39 is 0 Å². The minimum atomic E-state index is -0.129. The van der Waals surface area contributed by atoms with Crippen LogP contribution in [0.15, 0.2) is 22.4 Å². The van der Waals surface area contributed by atoms with E-state index in [1.807, 2.05) is 17.5 Å². The minimum Gasteiger partial charge on any atom is -0.392 e. The van der Waals surface area contributed by atoms with Crippen molar-refractivity contribution < 1.29 is 9.90 Å². The molecule has 72 valence electrons. The Morgan fingerprint density at radius 1 is 1.57 bits per heavy atom. The molecule has 0 bridgehead atoms. The van der Waals surface area contributed by atoms with Gasteiger partial charge in [-0.3, -0.25) is 4.79 Å². The molecule has 0 aliphatic heterocycles. The molecule has 2 nitrogen and oxygen atoms in total. The highest BCUT2D eigenvalue weighted by atomic mass is 32.1. The van der Waals surface area contributed by atoms with Gasteiger partial charge in [0, 0.05) is 15.2 Å². The average molecular weight is 224 g/mol. The zero-order valence-corrected chi connectivity index (χ0v) is 8.94. The lowest BCUT2D eigenvalue weighted by Gasteiger charge is -2.05. The second-order valence-corrected chi connectivity index (χ2v) is 4.33. The zero-order valence-electron chi connectivity index (χ0n) is 7.23. The fourth-order valence-corrected chi connectivity index (χ4v) is 2.74. The average Bonchev–Trinajstić information content (AvgIpc) is 2.62. The Bertz CT molecular complexity index is 488. The number of benzene rings is 1. The van der Waals surface area contributed by atoms with Crippen molar-refractivity contribution >= 4 is 40.3 Å². The van der Waals surface area contributed by atoms with Gasteiger partial charge in [0.05, 0.1) is 6.61 Å². The van der Waals surface area contributed by atoms with Crippen LogP contribution < -0.4 is 0 Å². The summed E-state index contributed by atoms with van der Waals surface area (Å²) < 4.78 is 1.05. The Balaban J connectivity index is 2.88. The molecule has 0 aliphatic rings. The first-order valence-electron chi connectivity index (χ1n) is 4.06. The molecular formula is C10H8O2S2. The molecule has 2 aromatic rings. The van der Waals surface area contributed by atoms with Crippen molar-refractivity contribution in [3.63, 3.8) is 0 Å². The zero-order chi connectivity index (χ0) is 10.1. The van der Waals surface area contributed by atoms with Crippen LogP contribution in [0.5, 0.6) is 0 Å². The summed E-state index contributed by atoms with van der Waals surface area (Å²) in [6, 6.07) is 3.76. The Morgan fingerprint density at radius 2 is 2.36 bits per heavy atom. The predicted molar refractivity (Wildman–Crippen MR) is 60.4 cm³/mol. The number of rotatable bonds is 2. The van der Waals surface area contributed by atoms with Gasteiger partial charge in [0.15, 0.2) is 6.29 Å². The summed E-state index contributed by atoms with van der Waals surface area (Å²) >= 11 is 5.79. The lowest BCUT2D eigenvalue weighted by Crippen LogP contribution is -1.94. The van der Waals surface area contributed by atoms with Gasteiger partial charge in [0.25, 0.3) is 0 Å². The van der Waals surface area contributed by atoms with Gasteiger partial charge in [-0.15, -0.1) is 24.0 Å². The van der Waals surface area contributed by atoms with Crippen LogP contribution in [0, 0.1) is 0 Å². The molecule has 1 N–H and O–H groups in total. The first-order chi connectivity index (χ1) is 6.77. The molecule has 4 heteroatoms. The molecule has 1 heterocycles. The van der Waals surface area contributed by atoms with Gasteiger partial charge in [-0.1, -0.05) is 0 Å². The van der Waals surface area contributed by atoms with Crippen molar-refractivity contribution in [3.05, 3.63) is 28.6 Å². The van der Waals surface area contributed by atoms with E-state index in [9.17, 15) is 9.90 Å². The molecule has 1 aromatic heterocycles. The molecule has 0 spiro atoms. The summed E-state index contributed by atoms with van der Waals surface area (Å²) in [5.74, 6) is 0. The topological polar surface area (TPSA) is 37.3 Å². The fourth-order valence-electron chi connectivity index (χ4n) is 1.49. The number of carbonyl (C=O) groups excluding carboxylic acids is 1. The van der Waals surface area contributed by atoms with Crippen LogP contribution in [0.3, 0.4) is 0 Å². The number of hydrogen-bond acceptors (Lipinski definition) is 4. The van der Waals surface area contributed by atoms with Crippen LogP contribution in [0.25, 0.3) is 10.1 Å². The largest absolute Gasteiger partial charge is 0.392 e. The molecule has 0 radical (unpaired) electrons. The van der Waals surface area contributed by atoms with Crippen LogP contribution in [0.4, 0.5) is 0 Å². The smallest absolute Gasteiger partial charge is 0.151 e. The molecular weight excluding hydrogens is 216 g/mol. The van der Waals surface area contributed by atoms with Crippen molar-refractivity contribution in [2.45, 2.75) is 11.5 Å². The second-order valence-electron chi connectivity index (χ2n) is 2.90. The number of carbonyl (C=O) groups is 1. The predicted octanol–water partition coefficient (Wildman–Crippen LogP) is 2.49. The van der Waals surface area contributed by atoms with Gasteiger partial charge in [-0.05, 0) is 28.5 Å². The monoisotopic (exact) mass is 224 g/mol. The maximum atomic E-state index is 10.8. The third-order valence-corrected chi connectivity index (χ3v) is 3.40. The van der Waals surface area contributed by atoms with Gasteiger partial charge in [0.1, 0.15) is 0 Å². The Hall–Kier alpha value is -0.840. The van der Waals surface area contributed by atoms with E-state index >= 15 is 0 Å². The molecule has 0 atom stereocenters. The first kappa shape index (κ1) is 9.71. The van der Waals surface area contributed by atoms with Crippen molar-refractivity contribution in [2.24, 2.45) is 0 Å². The summed E-state index contributed by atoms with van der Waals surface area (Å²) in [5.41, 5.74) is 1.16. The van der Waals surface area contributed by atoms with E-state index in [-0.39, 0.29) is 6.61 Å². The van der Waals surface area contributed by atoms with Gasteiger partial charge in [-0.2, -0.15) is 0 Å². The standard InChI is InChI=1S/C10H8O2S2/c11-4-7-6-1-2-14-10(6)3-9(13)8(7)5-12/h1-3,5,11,13H,4H2. The maximum absolute atomic E-state index is 10.8. The summed E-state index contributed by atoms with van der Waals surface area (Å²) in [4.78, 5) is 11.4. The van der Waals surface area contributed by atoms with Crippen LogP contribution in [0.1, 0.15) is 15.9 Å². The van der Waals surface area contributed by atoms with Gasteiger partial charge in [-0.25, -0.2) is 0 Å². The third kappa shape index (κ3) is 1.35. The lowest BCUT2D eigenvalue weighted by atomic mass is 10.1. The van der Waals surface area contributed by atoms with E-state index in [0.717, 1.165) is 16.4 Å². The van der Waals surface area contributed by atoms with Crippen molar-refractivity contribution in [1.82, 2.24) is 0 Å². The second kappa shape index (κ2) is 3.73. The molecule has 2 rings (SSSR count). The number of aldehydes is 1. The maximum Gasteiger partial charge on any atom is 0.151 e. The molecule has 0 saturated heterocycles. The lowest BCUT2D eigenvalue weighted by molar-refractivity contribution is 0.111. The van der Waals surface area contributed by atoms with Gasteiger partial charge >= 0.3 is 0 Å². The summed E-state index contributed by atoms with van der Waals surface area (Å²) in [6.07, 6.45) is 0.741. The van der Waals surface area contributed by atoms with Crippen LogP contribution in [-0.2, 0) is 6.61 Å². The van der Waals surface area contributed by atoms with Gasteiger partial charge in [0.2, 0.25) is 0 Å². The highest BCUT2D eigenvalue weighted by Gasteiger charge is 2.10. The van der Waals surface area contributed by atoms with Crippen LogP contribution >= 0.6 is 24.0 Å². The van der Waals surface area contributed by atoms with E-state index in [0.29, 0.717) is 16.0 Å².